The third-order valence-corrected chi connectivity index (χ3v) is 1.00. The molecule has 64 valence electrons. The lowest BCUT2D eigenvalue weighted by Crippen LogP contribution is -1.94. The van der Waals surface area contributed by atoms with Crippen LogP contribution in [0, 0.1) is 0 Å². The van der Waals surface area contributed by atoms with Crippen molar-refractivity contribution in [2.45, 2.75) is 0 Å². The fourth-order valence-corrected chi connectivity index (χ4v) is 0.539. The summed E-state index contributed by atoms with van der Waals surface area (Å²) < 4.78 is 9.34. The average molecular weight is 166 g/mol. The molecule has 0 saturated heterocycles. The van der Waals surface area contributed by atoms with Gasteiger partial charge in [-0.25, -0.2) is 0 Å². The molecule has 0 unspecified atom stereocenters. The molecule has 0 amide bonds. The first-order valence-corrected chi connectivity index (χ1v) is 3.48. The van der Waals surface area contributed by atoms with Gasteiger partial charge < -0.3 is 14.8 Å². The minimum absolute atomic E-state index is 0.483. The van der Waals surface area contributed by atoms with Crippen molar-refractivity contribution < 1.29 is 9.47 Å². The number of nitrogens with zero attached hydrogens (tertiary/aromatic N) is 1. The highest BCUT2D eigenvalue weighted by molar-refractivity contribution is 5.70. The molecule has 0 radical (unpaired) electrons. The van der Waals surface area contributed by atoms with Crippen LogP contribution < -0.4 is 5.32 Å². The van der Waals surface area contributed by atoms with E-state index in [1.807, 2.05) is 0 Å². The van der Waals surface area contributed by atoms with E-state index in [1.165, 1.54) is 0 Å². The Morgan fingerprint density at radius 2 is 2.00 bits per heavy atom. The quantitative estimate of drug-likeness (QED) is 0.586. The topological polar surface area (TPSA) is 42.8 Å². The molecule has 2 heterocycles. The van der Waals surface area contributed by atoms with Gasteiger partial charge in [0, 0.05) is 18.6 Å². The van der Waals surface area contributed by atoms with Gasteiger partial charge in [-0.3, -0.25) is 4.99 Å². The molecular formula is C8H10N2O2. The summed E-state index contributed by atoms with van der Waals surface area (Å²) in [7, 11) is 0. The van der Waals surface area contributed by atoms with E-state index in [1.54, 1.807) is 43.5 Å². The second kappa shape index (κ2) is 6.03. The van der Waals surface area contributed by atoms with E-state index in [0.717, 1.165) is 0 Å². The predicted octanol–water partition coefficient (Wildman–Crippen LogP) is 1.11. The van der Waals surface area contributed by atoms with Crippen molar-refractivity contribution in [1.29, 1.82) is 0 Å². The normalized spacial score (nSPS) is 16.7. The number of allylic oxidation sites excluding steroid dienone is 1. The molecule has 1 N–H and O–H groups in total. The third-order valence-electron chi connectivity index (χ3n) is 1.00. The molecule has 2 aliphatic heterocycles. The lowest BCUT2D eigenvalue weighted by Gasteiger charge is -1.94. The van der Waals surface area contributed by atoms with Gasteiger partial charge in [0.05, 0.1) is 6.26 Å². The standard InChI is InChI=1S/2C4H5NO/c1-3-6-4-2-5-1;1-2-5-4-6-3-1/h1-5H;1-3H,4H2. The van der Waals surface area contributed by atoms with Crippen molar-refractivity contribution in [3.8, 4) is 0 Å². The Labute approximate surface area is 70.9 Å². The predicted molar refractivity (Wildman–Crippen MR) is 46.1 cm³/mol. The van der Waals surface area contributed by atoms with Gasteiger partial charge in [-0.1, -0.05) is 0 Å². The molecule has 0 atom stereocenters. The van der Waals surface area contributed by atoms with Crippen LogP contribution in [0.15, 0.2) is 42.3 Å². The molecule has 2 aliphatic rings. The summed E-state index contributed by atoms with van der Waals surface area (Å²) in [6.45, 7) is 0.483. The van der Waals surface area contributed by atoms with Crippen molar-refractivity contribution >= 4 is 6.21 Å². The first-order valence-electron chi connectivity index (χ1n) is 3.48. The van der Waals surface area contributed by atoms with Crippen molar-refractivity contribution in [3.63, 3.8) is 0 Å². The lowest BCUT2D eigenvalue weighted by molar-refractivity contribution is 0.259. The van der Waals surface area contributed by atoms with Gasteiger partial charge in [0.1, 0.15) is 12.5 Å². The van der Waals surface area contributed by atoms with Crippen LogP contribution in [0.3, 0.4) is 0 Å². The monoisotopic (exact) mass is 166 g/mol. The maximum Gasteiger partial charge on any atom is 0.178 e. The lowest BCUT2D eigenvalue weighted by atomic mass is 10.7. The zero-order chi connectivity index (χ0) is 8.49. The maximum atomic E-state index is 4.69. The second-order valence-corrected chi connectivity index (χ2v) is 1.86. The molecule has 0 aliphatic carbocycles. The fourth-order valence-electron chi connectivity index (χ4n) is 0.539. The van der Waals surface area contributed by atoms with Gasteiger partial charge in [0.15, 0.2) is 6.73 Å². The molecule has 0 saturated carbocycles. The highest BCUT2D eigenvalue weighted by atomic mass is 16.5. The SMILES string of the molecule is C1=COC=CN1.C1=COCN=C1. The van der Waals surface area contributed by atoms with Crippen molar-refractivity contribution in [3.05, 3.63) is 37.3 Å². The first kappa shape index (κ1) is 8.39. The zero-order valence-electron chi connectivity index (χ0n) is 6.51. The zero-order valence-corrected chi connectivity index (χ0v) is 6.51. The summed E-state index contributed by atoms with van der Waals surface area (Å²) in [6, 6.07) is 0. The van der Waals surface area contributed by atoms with E-state index >= 15 is 0 Å². The van der Waals surface area contributed by atoms with E-state index in [4.69, 9.17) is 4.74 Å². The Morgan fingerprint density at radius 3 is 2.17 bits per heavy atom. The van der Waals surface area contributed by atoms with Crippen LogP contribution in [0.1, 0.15) is 0 Å². The summed E-state index contributed by atoms with van der Waals surface area (Å²) in [4.78, 5) is 3.74. The molecule has 0 aromatic rings. The van der Waals surface area contributed by atoms with Gasteiger partial charge in [-0.2, -0.15) is 0 Å². The van der Waals surface area contributed by atoms with Gasteiger partial charge in [0.25, 0.3) is 0 Å². The minimum atomic E-state index is 0.483. The average Bonchev–Trinajstić information content (AvgIpc) is 2.24. The number of hydrogen-bond donors (Lipinski definition) is 1. The van der Waals surface area contributed by atoms with Crippen LogP contribution >= 0.6 is 0 Å². The van der Waals surface area contributed by atoms with Crippen LogP contribution in [-0.2, 0) is 9.47 Å². The summed E-state index contributed by atoms with van der Waals surface area (Å²) >= 11 is 0. The number of nitrogens with one attached hydrogen (secondary N) is 1. The summed E-state index contributed by atoms with van der Waals surface area (Å²) in [6.07, 6.45) is 11.6. The number of aliphatic imine (C=N–C) groups is 1. The van der Waals surface area contributed by atoms with Crippen LogP contribution in [0.25, 0.3) is 0 Å². The van der Waals surface area contributed by atoms with E-state index in [9.17, 15) is 0 Å². The highest BCUT2D eigenvalue weighted by Gasteiger charge is 1.75. The van der Waals surface area contributed by atoms with E-state index < -0.39 is 0 Å². The molecule has 4 heteroatoms. The summed E-state index contributed by atoms with van der Waals surface area (Å²) in [5, 5.41) is 2.80. The number of rotatable bonds is 0. The van der Waals surface area contributed by atoms with Gasteiger partial charge in [-0.15, -0.1) is 0 Å². The molecule has 4 nitrogen and oxygen atoms in total. The Hall–Kier alpha value is -1.71. The fraction of sp³-hybridized carbons (Fsp3) is 0.125. The smallest absolute Gasteiger partial charge is 0.178 e. The highest BCUT2D eigenvalue weighted by Crippen LogP contribution is 1.82. The number of hydrogen-bond acceptors (Lipinski definition) is 4. The maximum absolute atomic E-state index is 4.69. The third kappa shape index (κ3) is 4.16. The van der Waals surface area contributed by atoms with Crippen molar-refractivity contribution in [1.82, 2.24) is 5.32 Å². The van der Waals surface area contributed by atoms with E-state index in [-0.39, 0.29) is 0 Å². The minimum Gasteiger partial charge on any atom is -0.479 e. The summed E-state index contributed by atoms with van der Waals surface area (Å²) in [5.74, 6) is 0. The molecular weight excluding hydrogens is 156 g/mol. The van der Waals surface area contributed by atoms with E-state index in [0.29, 0.717) is 6.73 Å². The first-order chi connectivity index (χ1) is 6.00. The molecule has 0 bridgehead atoms. The van der Waals surface area contributed by atoms with Crippen LogP contribution in [0.4, 0.5) is 0 Å². The van der Waals surface area contributed by atoms with Gasteiger partial charge in [0.2, 0.25) is 0 Å². The second-order valence-electron chi connectivity index (χ2n) is 1.86. The van der Waals surface area contributed by atoms with Gasteiger partial charge in [-0.05, 0) is 6.08 Å². The van der Waals surface area contributed by atoms with E-state index in [2.05, 4.69) is 15.0 Å². The molecule has 0 aromatic carbocycles. The molecule has 0 spiro atoms. The van der Waals surface area contributed by atoms with Gasteiger partial charge >= 0.3 is 0 Å². The Kier molecular flexibility index (Phi) is 4.21. The summed E-state index contributed by atoms with van der Waals surface area (Å²) in [5.41, 5.74) is 0. The molecule has 0 fully saturated rings. The van der Waals surface area contributed by atoms with Crippen LogP contribution in [0.2, 0.25) is 0 Å². The largest absolute Gasteiger partial charge is 0.479 e. The van der Waals surface area contributed by atoms with Crippen molar-refractivity contribution in [2.75, 3.05) is 6.73 Å². The Morgan fingerprint density at radius 1 is 1.17 bits per heavy atom. The van der Waals surface area contributed by atoms with Crippen molar-refractivity contribution in [2.24, 2.45) is 4.99 Å². The number of ether oxygens (including phenoxy) is 2. The Balaban J connectivity index is 0.000000120. The molecule has 2 rings (SSSR count). The van der Waals surface area contributed by atoms with Crippen LogP contribution in [0.5, 0.6) is 0 Å². The van der Waals surface area contributed by atoms with Crippen LogP contribution in [-0.4, -0.2) is 12.9 Å². The molecule has 12 heavy (non-hydrogen) atoms. The molecule has 0 aromatic heterocycles. The Bertz CT molecular complexity index is 187.